The van der Waals surface area contributed by atoms with Gasteiger partial charge in [-0.1, -0.05) is 18.2 Å². The van der Waals surface area contributed by atoms with Gasteiger partial charge >= 0.3 is 0 Å². The van der Waals surface area contributed by atoms with Crippen LogP contribution < -0.4 is 9.80 Å². The van der Waals surface area contributed by atoms with Crippen LogP contribution in [0.1, 0.15) is 9.67 Å². The fraction of sp³-hybridized carbons (Fsp3) is 0.267. The summed E-state index contributed by atoms with van der Waals surface area (Å²) in [7, 11) is 0. The Morgan fingerprint density at radius 1 is 0.947 bits per heavy atom. The molecule has 0 N–H and O–H groups in total. The predicted octanol–water partition coefficient (Wildman–Crippen LogP) is 2.89. The van der Waals surface area contributed by atoms with Crippen molar-refractivity contribution in [1.29, 1.82) is 0 Å². The van der Waals surface area contributed by atoms with E-state index in [1.165, 1.54) is 22.7 Å². The van der Waals surface area contributed by atoms with Gasteiger partial charge in [0.25, 0.3) is 0 Å². The van der Waals surface area contributed by atoms with Gasteiger partial charge in [-0.05, 0) is 18.2 Å². The zero-order valence-corrected chi connectivity index (χ0v) is 11.5. The van der Waals surface area contributed by atoms with Crippen molar-refractivity contribution in [2.24, 2.45) is 0 Å². The lowest BCUT2D eigenvalue weighted by Gasteiger charge is -2.36. The molecule has 3 nitrogen and oxygen atoms in total. The van der Waals surface area contributed by atoms with Gasteiger partial charge in [0.15, 0.2) is 6.29 Å². The smallest absolute Gasteiger partial charge is 0.160 e. The maximum absolute atomic E-state index is 10.7. The normalized spacial score (nSPS) is 15.6. The summed E-state index contributed by atoms with van der Waals surface area (Å²) in [6.45, 7) is 4.06. The van der Waals surface area contributed by atoms with E-state index in [1.807, 2.05) is 12.1 Å². The van der Waals surface area contributed by atoms with Gasteiger partial charge in [-0.2, -0.15) is 0 Å². The van der Waals surface area contributed by atoms with Gasteiger partial charge in [0, 0.05) is 42.9 Å². The number of carbonyl (C=O) groups is 1. The summed E-state index contributed by atoms with van der Waals surface area (Å²) in [5, 5.41) is 2.07. The SMILES string of the molecule is O=Cc1cc(N2CCN(c3ccccc3)CC2)cs1. The van der Waals surface area contributed by atoms with Crippen molar-refractivity contribution < 1.29 is 4.79 Å². The zero-order valence-electron chi connectivity index (χ0n) is 10.7. The molecule has 19 heavy (non-hydrogen) atoms. The number of anilines is 2. The lowest BCUT2D eigenvalue weighted by atomic mass is 10.2. The number of nitrogens with zero attached hydrogens (tertiary/aromatic N) is 2. The topological polar surface area (TPSA) is 23.6 Å². The molecule has 2 aromatic rings. The fourth-order valence-electron chi connectivity index (χ4n) is 2.43. The minimum atomic E-state index is 0.806. The lowest BCUT2D eigenvalue weighted by Crippen LogP contribution is -2.46. The Kier molecular flexibility index (Phi) is 3.51. The standard InChI is InChI=1S/C15H16N2OS/c18-11-15-10-14(12-19-15)17-8-6-16(7-9-17)13-4-2-1-3-5-13/h1-5,10-12H,6-9H2. The van der Waals surface area contributed by atoms with Gasteiger partial charge in [0.2, 0.25) is 0 Å². The van der Waals surface area contributed by atoms with Crippen LogP contribution in [0.4, 0.5) is 11.4 Å². The van der Waals surface area contributed by atoms with E-state index in [1.54, 1.807) is 0 Å². The Balaban J connectivity index is 1.65. The summed E-state index contributed by atoms with van der Waals surface area (Å²) in [5.74, 6) is 0. The molecule has 98 valence electrons. The summed E-state index contributed by atoms with van der Waals surface area (Å²) >= 11 is 1.52. The van der Waals surface area contributed by atoms with E-state index in [0.29, 0.717) is 0 Å². The zero-order chi connectivity index (χ0) is 13.1. The summed E-state index contributed by atoms with van der Waals surface area (Å²) in [6.07, 6.45) is 0.925. The second kappa shape index (κ2) is 5.45. The first kappa shape index (κ1) is 12.2. The Morgan fingerprint density at radius 3 is 2.16 bits per heavy atom. The van der Waals surface area contributed by atoms with Gasteiger partial charge < -0.3 is 9.80 Å². The highest BCUT2D eigenvalue weighted by molar-refractivity contribution is 7.12. The van der Waals surface area contributed by atoms with Gasteiger partial charge in [0.1, 0.15) is 0 Å². The van der Waals surface area contributed by atoms with Crippen LogP contribution >= 0.6 is 11.3 Å². The molecule has 1 fully saturated rings. The minimum Gasteiger partial charge on any atom is -0.368 e. The molecule has 0 atom stereocenters. The molecule has 2 heterocycles. The molecule has 0 amide bonds. The maximum Gasteiger partial charge on any atom is 0.160 e. The quantitative estimate of drug-likeness (QED) is 0.803. The fourth-order valence-corrected chi connectivity index (χ4v) is 3.15. The number of benzene rings is 1. The maximum atomic E-state index is 10.7. The number of rotatable bonds is 3. The molecule has 0 bridgehead atoms. The third-order valence-corrected chi connectivity index (χ3v) is 4.33. The van der Waals surface area contributed by atoms with Gasteiger partial charge in [-0.3, -0.25) is 4.79 Å². The van der Waals surface area contributed by atoms with Crippen molar-refractivity contribution in [3.8, 4) is 0 Å². The van der Waals surface area contributed by atoms with Crippen LogP contribution in [0, 0.1) is 0 Å². The number of hydrogen-bond acceptors (Lipinski definition) is 4. The first-order valence-corrected chi connectivity index (χ1v) is 7.33. The number of piperazine rings is 1. The van der Waals surface area contributed by atoms with E-state index < -0.39 is 0 Å². The largest absolute Gasteiger partial charge is 0.368 e. The van der Waals surface area contributed by atoms with Gasteiger partial charge in [-0.15, -0.1) is 11.3 Å². The third kappa shape index (κ3) is 2.63. The van der Waals surface area contributed by atoms with Crippen LogP contribution in [0.5, 0.6) is 0 Å². The summed E-state index contributed by atoms with van der Waals surface area (Å²) < 4.78 is 0. The molecule has 1 saturated heterocycles. The predicted molar refractivity (Wildman–Crippen MR) is 80.6 cm³/mol. The van der Waals surface area contributed by atoms with E-state index in [2.05, 4.69) is 39.4 Å². The highest BCUT2D eigenvalue weighted by Gasteiger charge is 2.18. The number of hydrogen-bond donors (Lipinski definition) is 0. The Hall–Kier alpha value is -1.81. The molecule has 1 aromatic carbocycles. The van der Waals surface area contributed by atoms with Gasteiger partial charge in [-0.25, -0.2) is 0 Å². The molecule has 1 aromatic heterocycles. The number of thiophene rings is 1. The molecule has 4 heteroatoms. The first-order chi connectivity index (χ1) is 9.36. The molecular weight excluding hydrogens is 256 g/mol. The van der Waals surface area contributed by atoms with Crippen molar-refractivity contribution in [1.82, 2.24) is 0 Å². The van der Waals surface area contributed by atoms with Crippen LogP contribution in [0.15, 0.2) is 41.8 Å². The molecule has 0 saturated carbocycles. The Bertz CT molecular complexity index is 544. The highest BCUT2D eigenvalue weighted by atomic mass is 32.1. The van der Waals surface area contributed by atoms with Crippen LogP contribution in [0.2, 0.25) is 0 Å². The van der Waals surface area contributed by atoms with Crippen molar-refractivity contribution in [2.45, 2.75) is 0 Å². The first-order valence-electron chi connectivity index (χ1n) is 6.45. The number of carbonyl (C=O) groups excluding carboxylic acids is 1. The summed E-state index contributed by atoms with van der Waals surface area (Å²) in [5.41, 5.74) is 2.47. The molecule has 0 radical (unpaired) electrons. The summed E-state index contributed by atoms with van der Waals surface area (Å²) in [6, 6.07) is 12.5. The molecule has 0 unspecified atom stereocenters. The van der Waals surface area contributed by atoms with Crippen molar-refractivity contribution >= 4 is 29.0 Å². The van der Waals surface area contributed by atoms with Gasteiger partial charge in [0.05, 0.1) is 4.88 Å². The minimum absolute atomic E-state index is 0.806. The van der Waals surface area contributed by atoms with E-state index in [9.17, 15) is 4.79 Å². The average Bonchev–Trinajstić information content (AvgIpc) is 2.97. The van der Waals surface area contributed by atoms with E-state index in [0.717, 1.165) is 37.3 Å². The second-order valence-electron chi connectivity index (χ2n) is 4.63. The lowest BCUT2D eigenvalue weighted by molar-refractivity contribution is 0.112. The van der Waals surface area contributed by atoms with Crippen molar-refractivity contribution in [2.75, 3.05) is 36.0 Å². The Morgan fingerprint density at radius 2 is 1.58 bits per heavy atom. The monoisotopic (exact) mass is 272 g/mol. The molecule has 1 aliphatic rings. The second-order valence-corrected chi connectivity index (χ2v) is 5.58. The van der Waals surface area contributed by atoms with E-state index in [-0.39, 0.29) is 0 Å². The average molecular weight is 272 g/mol. The molecule has 1 aliphatic heterocycles. The highest BCUT2D eigenvalue weighted by Crippen LogP contribution is 2.24. The number of aldehydes is 1. The molecular formula is C15H16N2OS. The molecule has 0 aliphatic carbocycles. The van der Waals surface area contributed by atoms with Crippen molar-refractivity contribution in [3.63, 3.8) is 0 Å². The van der Waals surface area contributed by atoms with Crippen LogP contribution in [0.25, 0.3) is 0 Å². The van der Waals surface area contributed by atoms with Crippen LogP contribution in [-0.4, -0.2) is 32.5 Å². The Labute approximate surface area is 117 Å². The molecule has 3 rings (SSSR count). The van der Waals surface area contributed by atoms with E-state index >= 15 is 0 Å². The van der Waals surface area contributed by atoms with Crippen LogP contribution in [-0.2, 0) is 0 Å². The summed E-state index contributed by atoms with van der Waals surface area (Å²) in [4.78, 5) is 16.3. The molecule has 0 spiro atoms. The third-order valence-electron chi connectivity index (χ3n) is 3.49. The number of para-hydroxylation sites is 1. The van der Waals surface area contributed by atoms with Crippen molar-refractivity contribution in [3.05, 3.63) is 46.7 Å². The van der Waals surface area contributed by atoms with E-state index in [4.69, 9.17) is 0 Å². The van der Waals surface area contributed by atoms with Crippen LogP contribution in [0.3, 0.4) is 0 Å².